The van der Waals surface area contributed by atoms with Gasteiger partial charge in [-0.05, 0) is 61.4 Å². The van der Waals surface area contributed by atoms with Gasteiger partial charge in [-0.25, -0.2) is 0 Å². The Hall–Kier alpha value is -2.57. The molecule has 0 aliphatic carbocycles. The number of ether oxygens (including phenoxy) is 1. The summed E-state index contributed by atoms with van der Waals surface area (Å²) in [5, 5.41) is 5.79. The van der Waals surface area contributed by atoms with E-state index in [1.165, 1.54) is 5.69 Å². The predicted octanol–water partition coefficient (Wildman–Crippen LogP) is 3.59. The molecule has 152 valence electrons. The largest absolute Gasteiger partial charge is 0.457 e. The van der Waals surface area contributed by atoms with Crippen LogP contribution in [-0.4, -0.2) is 38.6 Å². The number of nitrogens with one attached hydrogen (secondary N) is 2. The molecule has 0 heterocycles. The van der Waals surface area contributed by atoms with Crippen LogP contribution >= 0.6 is 0 Å². The molecule has 0 aromatic heterocycles. The first-order chi connectivity index (χ1) is 13.7. The molecule has 6 nitrogen and oxygen atoms in total. The van der Waals surface area contributed by atoms with Crippen LogP contribution in [0.15, 0.2) is 48.5 Å². The average Bonchev–Trinajstić information content (AvgIpc) is 2.70. The molecule has 0 aliphatic rings. The van der Waals surface area contributed by atoms with Crippen molar-refractivity contribution in [2.24, 2.45) is 5.73 Å². The zero-order valence-corrected chi connectivity index (χ0v) is 16.9. The van der Waals surface area contributed by atoms with E-state index >= 15 is 0 Å². The van der Waals surface area contributed by atoms with Gasteiger partial charge in [-0.1, -0.05) is 13.8 Å². The number of hydrogen-bond acceptors (Lipinski definition) is 5. The number of carbonyl (C=O) groups excluding carboxylic acids is 1. The highest BCUT2D eigenvalue weighted by Crippen LogP contribution is 2.26. The third-order valence-corrected chi connectivity index (χ3v) is 4.17. The highest BCUT2D eigenvalue weighted by atomic mass is 16.5. The fourth-order valence-electron chi connectivity index (χ4n) is 2.89. The van der Waals surface area contributed by atoms with Crippen molar-refractivity contribution in [2.45, 2.75) is 26.7 Å². The highest BCUT2D eigenvalue weighted by molar-refractivity contribution is 5.92. The molecule has 0 saturated carbocycles. The lowest BCUT2D eigenvalue weighted by atomic mass is 10.2. The SMILES string of the molecule is CCCN(CCC)c1ccc(Oc2ccc(NC(=O)CNCCN)cc2)cc1. The van der Waals surface area contributed by atoms with Crippen LogP contribution in [0.1, 0.15) is 26.7 Å². The summed E-state index contributed by atoms with van der Waals surface area (Å²) in [7, 11) is 0. The van der Waals surface area contributed by atoms with Gasteiger partial charge in [0.05, 0.1) is 6.54 Å². The van der Waals surface area contributed by atoms with E-state index in [1.807, 2.05) is 36.4 Å². The third-order valence-electron chi connectivity index (χ3n) is 4.17. The van der Waals surface area contributed by atoms with Crippen LogP contribution in [-0.2, 0) is 4.79 Å². The van der Waals surface area contributed by atoms with Gasteiger partial charge in [0.1, 0.15) is 11.5 Å². The van der Waals surface area contributed by atoms with Crippen molar-refractivity contribution >= 4 is 17.3 Å². The Bertz CT molecular complexity index is 695. The van der Waals surface area contributed by atoms with Gasteiger partial charge in [0.25, 0.3) is 0 Å². The van der Waals surface area contributed by atoms with E-state index in [0.717, 1.165) is 43.1 Å². The monoisotopic (exact) mass is 384 g/mol. The maximum Gasteiger partial charge on any atom is 0.238 e. The van der Waals surface area contributed by atoms with Crippen LogP contribution in [0.3, 0.4) is 0 Å². The summed E-state index contributed by atoms with van der Waals surface area (Å²) in [4.78, 5) is 14.2. The second-order valence-corrected chi connectivity index (χ2v) is 6.62. The smallest absolute Gasteiger partial charge is 0.238 e. The number of rotatable bonds is 12. The maximum absolute atomic E-state index is 11.8. The average molecular weight is 385 g/mol. The van der Waals surface area contributed by atoms with Gasteiger partial charge in [0.2, 0.25) is 5.91 Å². The quantitative estimate of drug-likeness (QED) is 0.487. The van der Waals surface area contributed by atoms with Crippen molar-refractivity contribution in [3.8, 4) is 11.5 Å². The number of nitrogens with zero attached hydrogens (tertiary/aromatic N) is 1. The zero-order valence-electron chi connectivity index (χ0n) is 16.9. The Morgan fingerprint density at radius 2 is 1.54 bits per heavy atom. The Morgan fingerprint density at radius 3 is 2.07 bits per heavy atom. The topological polar surface area (TPSA) is 79.6 Å². The van der Waals surface area contributed by atoms with E-state index in [9.17, 15) is 4.79 Å². The van der Waals surface area contributed by atoms with Crippen LogP contribution in [0.25, 0.3) is 0 Å². The second-order valence-electron chi connectivity index (χ2n) is 6.62. The first kappa shape index (κ1) is 21.7. The molecule has 2 aromatic rings. The third kappa shape index (κ3) is 7.21. The minimum atomic E-state index is -0.0959. The minimum absolute atomic E-state index is 0.0959. The summed E-state index contributed by atoms with van der Waals surface area (Å²) in [5.74, 6) is 1.42. The lowest BCUT2D eigenvalue weighted by molar-refractivity contribution is -0.115. The Labute approximate surface area is 168 Å². The number of nitrogens with two attached hydrogens (primary N) is 1. The number of anilines is 2. The molecule has 2 aromatic carbocycles. The van der Waals surface area contributed by atoms with Crippen molar-refractivity contribution < 1.29 is 9.53 Å². The fraction of sp³-hybridized carbons (Fsp3) is 0.409. The summed E-state index contributed by atoms with van der Waals surface area (Å²) in [6.45, 7) is 7.88. The predicted molar refractivity (Wildman–Crippen MR) is 116 cm³/mol. The van der Waals surface area contributed by atoms with Crippen LogP contribution in [0.4, 0.5) is 11.4 Å². The molecule has 1 amide bonds. The standard InChI is InChI=1S/C22H32N4O2/c1-3-15-26(16-4-2)19-7-11-21(12-8-19)28-20-9-5-18(6-10-20)25-22(27)17-24-14-13-23/h5-12,24H,3-4,13-17,23H2,1-2H3,(H,25,27). The van der Waals surface area contributed by atoms with Gasteiger partial charge >= 0.3 is 0 Å². The molecule has 0 atom stereocenters. The molecule has 0 aliphatic heterocycles. The van der Waals surface area contributed by atoms with Crippen molar-refractivity contribution in [1.82, 2.24) is 5.32 Å². The molecule has 2 rings (SSSR count). The molecule has 28 heavy (non-hydrogen) atoms. The van der Waals surface area contributed by atoms with Gasteiger partial charge in [-0.15, -0.1) is 0 Å². The summed E-state index contributed by atoms with van der Waals surface area (Å²) in [6.07, 6.45) is 2.26. The molecular weight excluding hydrogens is 352 g/mol. The molecule has 6 heteroatoms. The van der Waals surface area contributed by atoms with E-state index in [4.69, 9.17) is 10.5 Å². The van der Waals surface area contributed by atoms with E-state index in [0.29, 0.717) is 13.1 Å². The molecule has 0 saturated heterocycles. The first-order valence-corrected chi connectivity index (χ1v) is 9.99. The van der Waals surface area contributed by atoms with E-state index in [2.05, 4.69) is 41.5 Å². The summed E-state index contributed by atoms with van der Waals surface area (Å²) in [6, 6.07) is 15.5. The molecule has 0 bridgehead atoms. The summed E-state index contributed by atoms with van der Waals surface area (Å²) >= 11 is 0. The van der Waals surface area contributed by atoms with Crippen LogP contribution in [0, 0.1) is 0 Å². The second kappa shape index (κ2) is 12.0. The lowest BCUT2D eigenvalue weighted by Gasteiger charge is -2.23. The Morgan fingerprint density at radius 1 is 0.964 bits per heavy atom. The number of hydrogen-bond donors (Lipinski definition) is 3. The normalized spacial score (nSPS) is 10.5. The van der Waals surface area contributed by atoms with Crippen LogP contribution in [0.2, 0.25) is 0 Å². The summed E-state index contributed by atoms with van der Waals surface area (Å²) in [5.41, 5.74) is 7.34. The Kier molecular flexibility index (Phi) is 9.31. The van der Waals surface area contributed by atoms with Gasteiger partial charge in [0.15, 0.2) is 0 Å². The molecular formula is C22H32N4O2. The van der Waals surface area contributed by atoms with Crippen molar-refractivity contribution in [3.63, 3.8) is 0 Å². The van der Waals surface area contributed by atoms with E-state index in [-0.39, 0.29) is 12.5 Å². The number of carbonyl (C=O) groups is 1. The van der Waals surface area contributed by atoms with Gasteiger partial charge < -0.3 is 26.0 Å². The molecule has 0 fully saturated rings. The zero-order chi connectivity index (χ0) is 20.2. The van der Waals surface area contributed by atoms with Crippen molar-refractivity contribution in [2.75, 3.05) is 42.9 Å². The summed E-state index contributed by atoms with van der Waals surface area (Å²) < 4.78 is 5.91. The van der Waals surface area contributed by atoms with Crippen molar-refractivity contribution in [1.29, 1.82) is 0 Å². The van der Waals surface area contributed by atoms with Crippen LogP contribution < -0.4 is 26.0 Å². The molecule has 4 N–H and O–H groups in total. The fourth-order valence-corrected chi connectivity index (χ4v) is 2.89. The first-order valence-electron chi connectivity index (χ1n) is 9.99. The van der Waals surface area contributed by atoms with Gasteiger partial charge in [-0.2, -0.15) is 0 Å². The maximum atomic E-state index is 11.8. The lowest BCUT2D eigenvalue weighted by Crippen LogP contribution is -2.31. The Balaban J connectivity index is 1.90. The number of amides is 1. The molecule has 0 radical (unpaired) electrons. The number of benzene rings is 2. The molecule has 0 spiro atoms. The highest BCUT2D eigenvalue weighted by Gasteiger charge is 2.06. The molecule has 0 unspecified atom stereocenters. The van der Waals surface area contributed by atoms with E-state index in [1.54, 1.807) is 0 Å². The van der Waals surface area contributed by atoms with Gasteiger partial charge in [-0.3, -0.25) is 4.79 Å². The minimum Gasteiger partial charge on any atom is -0.457 e. The van der Waals surface area contributed by atoms with Crippen LogP contribution in [0.5, 0.6) is 11.5 Å². The van der Waals surface area contributed by atoms with Crippen molar-refractivity contribution in [3.05, 3.63) is 48.5 Å². The van der Waals surface area contributed by atoms with E-state index < -0.39 is 0 Å². The van der Waals surface area contributed by atoms with Gasteiger partial charge in [0, 0.05) is 37.6 Å².